The lowest BCUT2D eigenvalue weighted by atomic mass is 10.1. The van der Waals surface area contributed by atoms with Gasteiger partial charge in [0, 0.05) is 5.56 Å². The third-order valence-corrected chi connectivity index (χ3v) is 3.00. The first-order chi connectivity index (χ1) is 8.66. The van der Waals surface area contributed by atoms with Gasteiger partial charge in [-0.05, 0) is 36.2 Å². The Morgan fingerprint density at radius 1 is 1.17 bits per heavy atom. The van der Waals surface area contributed by atoms with Crippen molar-refractivity contribution in [3.63, 3.8) is 0 Å². The molecule has 92 valence electrons. The van der Waals surface area contributed by atoms with Crippen LogP contribution < -0.4 is 10.5 Å². The monoisotopic (exact) mass is 257 g/mol. The highest BCUT2D eigenvalue weighted by Gasteiger charge is 2.03. The minimum Gasteiger partial charge on any atom is -0.489 e. The normalized spacial score (nSPS) is 10.1. The summed E-state index contributed by atoms with van der Waals surface area (Å²) in [6.45, 7) is 2.58. The molecule has 0 amide bonds. The Bertz CT molecular complexity index is 552. The molecular formula is C15H15NOS. The van der Waals surface area contributed by atoms with E-state index in [2.05, 4.69) is 0 Å². The van der Waals surface area contributed by atoms with Crippen LogP contribution in [0.2, 0.25) is 0 Å². The number of ether oxygens (including phenoxy) is 1. The number of nitrogens with two attached hydrogens (primary N) is 1. The lowest BCUT2D eigenvalue weighted by Crippen LogP contribution is -2.10. The highest BCUT2D eigenvalue weighted by atomic mass is 32.1. The summed E-state index contributed by atoms with van der Waals surface area (Å²) in [5.41, 5.74) is 8.77. The molecule has 0 unspecified atom stereocenters. The van der Waals surface area contributed by atoms with E-state index in [9.17, 15) is 0 Å². The lowest BCUT2D eigenvalue weighted by molar-refractivity contribution is 0.305. The quantitative estimate of drug-likeness (QED) is 0.854. The van der Waals surface area contributed by atoms with E-state index in [-0.39, 0.29) is 0 Å². The van der Waals surface area contributed by atoms with Crippen molar-refractivity contribution in [2.75, 3.05) is 0 Å². The topological polar surface area (TPSA) is 35.2 Å². The van der Waals surface area contributed by atoms with Gasteiger partial charge in [-0.2, -0.15) is 0 Å². The number of hydrogen-bond donors (Lipinski definition) is 1. The van der Waals surface area contributed by atoms with Crippen LogP contribution in [0.1, 0.15) is 16.7 Å². The van der Waals surface area contributed by atoms with Gasteiger partial charge >= 0.3 is 0 Å². The molecule has 0 aliphatic rings. The number of hydrogen-bond acceptors (Lipinski definition) is 2. The maximum atomic E-state index is 5.71. The van der Waals surface area contributed by atoms with Crippen molar-refractivity contribution in [2.45, 2.75) is 13.5 Å². The van der Waals surface area contributed by atoms with Crippen molar-refractivity contribution in [1.82, 2.24) is 0 Å². The molecule has 0 spiro atoms. The molecule has 0 saturated carbocycles. The summed E-state index contributed by atoms with van der Waals surface area (Å²) in [6, 6.07) is 15.7. The van der Waals surface area contributed by atoms with Gasteiger partial charge in [0.2, 0.25) is 0 Å². The molecule has 0 aliphatic heterocycles. The summed E-state index contributed by atoms with van der Waals surface area (Å²) >= 11 is 4.95. The summed E-state index contributed by atoms with van der Waals surface area (Å²) in [5, 5.41) is 0. The molecule has 3 heteroatoms. The van der Waals surface area contributed by atoms with Gasteiger partial charge in [-0.15, -0.1) is 0 Å². The average molecular weight is 257 g/mol. The van der Waals surface area contributed by atoms with E-state index in [1.54, 1.807) is 0 Å². The molecule has 0 heterocycles. The molecule has 2 N–H and O–H groups in total. The van der Waals surface area contributed by atoms with Gasteiger partial charge in [-0.1, -0.05) is 42.5 Å². The van der Waals surface area contributed by atoms with Crippen molar-refractivity contribution in [2.24, 2.45) is 5.73 Å². The summed E-state index contributed by atoms with van der Waals surface area (Å²) in [7, 11) is 0. The maximum absolute atomic E-state index is 5.71. The molecular weight excluding hydrogens is 242 g/mol. The first-order valence-corrected chi connectivity index (χ1v) is 6.15. The van der Waals surface area contributed by atoms with Crippen LogP contribution in [0.5, 0.6) is 5.75 Å². The van der Waals surface area contributed by atoms with Crippen LogP contribution in [0.4, 0.5) is 0 Å². The Morgan fingerprint density at radius 2 is 1.89 bits per heavy atom. The average Bonchev–Trinajstić information content (AvgIpc) is 2.38. The Balaban J connectivity index is 2.08. The molecule has 2 rings (SSSR count). The zero-order valence-corrected chi connectivity index (χ0v) is 11.0. The number of para-hydroxylation sites is 1. The molecule has 0 radical (unpaired) electrons. The molecule has 2 aromatic rings. The van der Waals surface area contributed by atoms with Crippen LogP contribution in [-0.2, 0) is 6.61 Å². The third-order valence-electron chi connectivity index (χ3n) is 2.76. The minimum absolute atomic E-state index is 0.425. The smallest absolute Gasteiger partial charge is 0.119 e. The fourth-order valence-corrected chi connectivity index (χ4v) is 1.82. The van der Waals surface area contributed by atoms with Gasteiger partial charge in [0.15, 0.2) is 0 Å². The second-order valence-corrected chi connectivity index (χ2v) is 4.55. The number of aryl methyl sites for hydroxylation is 1. The highest BCUT2D eigenvalue weighted by Crippen LogP contribution is 2.15. The van der Waals surface area contributed by atoms with Crippen molar-refractivity contribution in [3.05, 3.63) is 65.2 Å². The Labute approximate surface area is 112 Å². The Kier molecular flexibility index (Phi) is 3.95. The third kappa shape index (κ3) is 3.08. The van der Waals surface area contributed by atoms with E-state index < -0.39 is 0 Å². The Hall–Kier alpha value is -1.87. The second kappa shape index (κ2) is 5.65. The van der Waals surface area contributed by atoms with Crippen LogP contribution in [0.3, 0.4) is 0 Å². The van der Waals surface area contributed by atoms with E-state index in [0.29, 0.717) is 11.6 Å². The van der Waals surface area contributed by atoms with Gasteiger partial charge in [0.05, 0.1) is 0 Å². The molecule has 0 aromatic heterocycles. The summed E-state index contributed by atoms with van der Waals surface area (Å²) in [5.74, 6) is 0.871. The van der Waals surface area contributed by atoms with Gasteiger partial charge < -0.3 is 10.5 Å². The van der Waals surface area contributed by atoms with E-state index in [1.807, 2.05) is 55.5 Å². The van der Waals surface area contributed by atoms with Gasteiger partial charge in [0.25, 0.3) is 0 Å². The highest BCUT2D eigenvalue weighted by molar-refractivity contribution is 7.80. The Morgan fingerprint density at radius 3 is 2.50 bits per heavy atom. The number of benzene rings is 2. The largest absolute Gasteiger partial charge is 0.489 e. The summed E-state index contributed by atoms with van der Waals surface area (Å²) in [4.78, 5) is 0.425. The van der Waals surface area contributed by atoms with Gasteiger partial charge in [0.1, 0.15) is 17.3 Å². The first kappa shape index (κ1) is 12.6. The van der Waals surface area contributed by atoms with Crippen LogP contribution in [-0.4, -0.2) is 4.99 Å². The van der Waals surface area contributed by atoms with Crippen molar-refractivity contribution in [1.29, 1.82) is 0 Å². The zero-order valence-electron chi connectivity index (χ0n) is 10.2. The molecule has 0 atom stereocenters. The number of thiocarbonyl (C=S) groups is 1. The molecule has 0 aliphatic carbocycles. The zero-order chi connectivity index (χ0) is 13.0. The SMILES string of the molecule is Cc1cc(C(N)=S)ccc1COc1ccccc1. The summed E-state index contributed by atoms with van der Waals surface area (Å²) in [6.07, 6.45) is 0. The van der Waals surface area contributed by atoms with Crippen LogP contribution in [0.15, 0.2) is 48.5 Å². The fourth-order valence-electron chi connectivity index (χ4n) is 1.69. The lowest BCUT2D eigenvalue weighted by Gasteiger charge is -2.10. The van der Waals surface area contributed by atoms with Gasteiger partial charge in [-0.25, -0.2) is 0 Å². The molecule has 0 fully saturated rings. The van der Waals surface area contributed by atoms with E-state index in [1.165, 1.54) is 0 Å². The van der Waals surface area contributed by atoms with E-state index >= 15 is 0 Å². The maximum Gasteiger partial charge on any atom is 0.119 e. The first-order valence-electron chi connectivity index (χ1n) is 5.74. The molecule has 0 saturated heterocycles. The molecule has 2 aromatic carbocycles. The van der Waals surface area contributed by atoms with Crippen molar-refractivity contribution in [3.8, 4) is 5.75 Å². The van der Waals surface area contributed by atoms with Crippen molar-refractivity contribution < 1.29 is 4.74 Å². The van der Waals surface area contributed by atoms with Crippen LogP contribution in [0.25, 0.3) is 0 Å². The fraction of sp³-hybridized carbons (Fsp3) is 0.133. The summed E-state index contributed by atoms with van der Waals surface area (Å²) < 4.78 is 5.71. The predicted octanol–water partition coefficient (Wildman–Crippen LogP) is 3.21. The van der Waals surface area contributed by atoms with Crippen molar-refractivity contribution >= 4 is 17.2 Å². The second-order valence-electron chi connectivity index (χ2n) is 4.11. The molecule has 2 nitrogen and oxygen atoms in total. The minimum atomic E-state index is 0.425. The molecule has 18 heavy (non-hydrogen) atoms. The molecule has 0 bridgehead atoms. The van der Waals surface area contributed by atoms with E-state index in [4.69, 9.17) is 22.7 Å². The standard InChI is InChI=1S/C15H15NOS/c1-11-9-12(15(16)18)7-8-13(11)10-17-14-5-3-2-4-6-14/h2-9H,10H2,1H3,(H2,16,18). The number of rotatable bonds is 4. The van der Waals surface area contributed by atoms with Crippen LogP contribution in [0, 0.1) is 6.92 Å². The predicted molar refractivity (Wildman–Crippen MR) is 77.8 cm³/mol. The van der Waals surface area contributed by atoms with E-state index in [0.717, 1.165) is 22.4 Å². The van der Waals surface area contributed by atoms with Crippen LogP contribution >= 0.6 is 12.2 Å². The van der Waals surface area contributed by atoms with Gasteiger partial charge in [-0.3, -0.25) is 0 Å².